The van der Waals surface area contributed by atoms with Gasteiger partial charge in [0, 0.05) is 11.5 Å². The summed E-state index contributed by atoms with van der Waals surface area (Å²) in [7, 11) is 0. The zero-order valence-electron chi connectivity index (χ0n) is 20.6. The summed E-state index contributed by atoms with van der Waals surface area (Å²) in [6.45, 7) is 4.57. The van der Waals surface area contributed by atoms with Crippen LogP contribution in [0.25, 0.3) is 0 Å². The first-order valence-corrected chi connectivity index (χ1v) is 13.9. The number of rotatable bonds is 10. The van der Waals surface area contributed by atoms with Crippen molar-refractivity contribution < 1.29 is 0 Å². The third kappa shape index (κ3) is 8.67. The van der Waals surface area contributed by atoms with E-state index < -0.39 is 0 Å². The second-order valence-corrected chi connectivity index (χ2v) is 10.7. The van der Waals surface area contributed by atoms with Gasteiger partial charge in [-0.3, -0.25) is 0 Å². The molecule has 2 saturated carbocycles. The molecule has 172 valence electrons. The van der Waals surface area contributed by atoms with Gasteiger partial charge in [0.15, 0.2) is 0 Å². The fourth-order valence-corrected chi connectivity index (χ4v) is 6.04. The van der Waals surface area contributed by atoms with Crippen molar-refractivity contribution in [3.05, 3.63) is 35.4 Å². The minimum atomic E-state index is 0.635. The van der Waals surface area contributed by atoms with Gasteiger partial charge < -0.3 is 0 Å². The first-order chi connectivity index (χ1) is 15.3. The van der Waals surface area contributed by atoms with E-state index in [1.807, 2.05) is 0 Å². The largest absolute Gasteiger partial charge is 0.0945 e. The van der Waals surface area contributed by atoms with Crippen molar-refractivity contribution in [3.63, 3.8) is 0 Å². The minimum Gasteiger partial charge on any atom is -0.0945 e. The molecule has 1 aromatic carbocycles. The highest BCUT2D eigenvalue weighted by molar-refractivity contribution is 5.36. The Labute approximate surface area is 194 Å². The second kappa shape index (κ2) is 14.0. The van der Waals surface area contributed by atoms with E-state index >= 15 is 0 Å². The molecule has 2 fully saturated rings. The molecule has 3 rings (SSSR count). The average molecular weight is 421 g/mol. The monoisotopic (exact) mass is 420 g/mol. The highest BCUT2D eigenvalue weighted by Gasteiger charge is 2.30. The lowest BCUT2D eigenvalue weighted by atomic mass is 9.69. The third-order valence-electron chi connectivity index (χ3n) is 8.24. The molecule has 0 unspecified atom stereocenters. The Hall–Kier alpha value is -1.22. The third-order valence-corrected chi connectivity index (χ3v) is 8.24. The molecular formula is C31H48. The van der Waals surface area contributed by atoms with Crippen LogP contribution in [0.5, 0.6) is 0 Å². The molecule has 0 N–H and O–H groups in total. The lowest BCUT2D eigenvalue weighted by molar-refractivity contribution is 0.153. The topological polar surface area (TPSA) is 0 Å². The lowest BCUT2D eigenvalue weighted by Gasteiger charge is -2.37. The van der Waals surface area contributed by atoms with Gasteiger partial charge in [-0.05, 0) is 86.8 Å². The second-order valence-electron chi connectivity index (χ2n) is 10.7. The fraction of sp³-hybridized carbons (Fsp3) is 0.742. The molecule has 0 bridgehead atoms. The number of unbranched alkanes of at least 4 members (excludes halogenated alkanes) is 5. The van der Waals surface area contributed by atoms with Crippen LogP contribution in [0, 0.1) is 35.5 Å². The molecule has 0 aliphatic heterocycles. The van der Waals surface area contributed by atoms with E-state index in [9.17, 15) is 0 Å². The smallest absolute Gasteiger partial charge is 0.0245 e. The van der Waals surface area contributed by atoms with Gasteiger partial charge in [-0.1, -0.05) is 95.6 Å². The van der Waals surface area contributed by atoms with Crippen molar-refractivity contribution in [1.29, 1.82) is 0 Å². The van der Waals surface area contributed by atoms with Crippen molar-refractivity contribution in [2.75, 3.05) is 0 Å². The van der Waals surface area contributed by atoms with Crippen LogP contribution in [0.2, 0.25) is 0 Å². The Bertz CT molecular complexity index is 642. The van der Waals surface area contributed by atoms with Crippen LogP contribution in [0.15, 0.2) is 24.3 Å². The van der Waals surface area contributed by atoms with Gasteiger partial charge >= 0.3 is 0 Å². The maximum absolute atomic E-state index is 3.62. The Kier molecular flexibility index (Phi) is 11.1. The van der Waals surface area contributed by atoms with Crippen LogP contribution < -0.4 is 0 Å². The van der Waals surface area contributed by atoms with Gasteiger partial charge in [0.25, 0.3) is 0 Å². The van der Waals surface area contributed by atoms with Gasteiger partial charge in [-0.15, -0.1) is 0 Å². The van der Waals surface area contributed by atoms with E-state index in [4.69, 9.17) is 0 Å². The molecule has 31 heavy (non-hydrogen) atoms. The Morgan fingerprint density at radius 3 is 1.94 bits per heavy atom. The van der Waals surface area contributed by atoms with Gasteiger partial charge in [0.2, 0.25) is 0 Å². The highest BCUT2D eigenvalue weighted by atomic mass is 14.4. The number of aryl methyl sites for hydroxylation is 1. The molecule has 2 aliphatic carbocycles. The molecular weight excluding hydrogens is 372 g/mol. The quantitative estimate of drug-likeness (QED) is 0.261. The Morgan fingerprint density at radius 1 is 0.677 bits per heavy atom. The number of hydrogen-bond acceptors (Lipinski definition) is 0. The van der Waals surface area contributed by atoms with E-state index in [1.54, 1.807) is 0 Å². The van der Waals surface area contributed by atoms with Crippen molar-refractivity contribution >= 4 is 0 Å². The predicted octanol–water partition coefficient (Wildman–Crippen LogP) is 9.35. The van der Waals surface area contributed by atoms with Gasteiger partial charge in [-0.2, -0.15) is 0 Å². The molecule has 0 heterocycles. The Balaban J connectivity index is 1.33. The van der Waals surface area contributed by atoms with Crippen molar-refractivity contribution in [3.8, 4) is 11.8 Å². The number of benzene rings is 1. The molecule has 0 spiro atoms. The maximum atomic E-state index is 3.62. The Morgan fingerprint density at radius 2 is 1.29 bits per heavy atom. The summed E-state index contributed by atoms with van der Waals surface area (Å²) < 4.78 is 0. The van der Waals surface area contributed by atoms with Crippen LogP contribution in [-0.4, -0.2) is 0 Å². The predicted molar refractivity (Wildman–Crippen MR) is 136 cm³/mol. The molecule has 0 aromatic heterocycles. The van der Waals surface area contributed by atoms with Gasteiger partial charge in [0.1, 0.15) is 0 Å². The summed E-state index contributed by atoms with van der Waals surface area (Å²) in [6.07, 6.45) is 24.1. The summed E-state index contributed by atoms with van der Waals surface area (Å²) >= 11 is 0. The van der Waals surface area contributed by atoms with E-state index in [0.29, 0.717) is 5.92 Å². The summed E-state index contributed by atoms with van der Waals surface area (Å²) in [5.41, 5.74) is 2.66. The van der Waals surface area contributed by atoms with E-state index in [1.165, 1.54) is 120 Å². The highest BCUT2D eigenvalue weighted by Crippen LogP contribution is 2.42. The van der Waals surface area contributed by atoms with E-state index in [2.05, 4.69) is 50.0 Å². The summed E-state index contributed by atoms with van der Waals surface area (Å²) in [6, 6.07) is 9.01. The molecule has 0 saturated heterocycles. The minimum absolute atomic E-state index is 0.635. The summed E-state index contributed by atoms with van der Waals surface area (Å²) in [5, 5.41) is 0. The standard InChI is InChI=1S/C31H48/c1-3-5-7-8-9-11-27-18-22-30(23-19-27)31-24-20-29(21-25-31)17-16-28-14-12-26(13-15-28)10-6-4-2/h12-15,27,29-31H,3-11,18-25H2,1-2H3/t27-,29?,30-,31?. The molecule has 0 amide bonds. The first kappa shape index (κ1) is 24.4. The molecule has 1 aromatic rings. The zero-order chi connectivity index (χ0) is 21.7. The van der Waals surface area contributed by atoms with Crippen LogP contribution >= 0.6 is 0 Å². The average Bonchev–Trinajstić information content (AvgIpc) is 2.83. The fourth-order valence-electron chi connectivity index (χ4n) is 6.04. The van der Waals surface area contributed by atoms with Crippen molar-refractivity contribution in [2.45, 2.75) is 123 Å². The first-order valence-electron chi connectivity index (χ1n) is 13.9. The van der Waals surface area contributed by atoms with E-state index in [-0.39, 0.29) is 0 Å². The SMILES string of the molecule is CCCCCCC[C@H]1CC[C@H](C2CCC(C#Cc3ccc(CCCC)cc3)CC2)CC1. The normalized spacial score (nSPS) is 26.3. The van der Waals surface area contributed by atoms with Gasteiger partial charge in [0.05, 0.1) is 0 Å². The van der Waals surface area contributed by atoms with E-state index in [0.717, 1.165) is 17.8 Å². The molecule has 2 aliphatic rings. The maximum Gasteiger partial charge on any atom is 0.0245 e. The van der Waals surface area contributed by atoms with Crippen LogP contribution in [-0.2, 0) is 6.42 Å². The molecule has 0 heteroatoms. The summed E-state index contributed by atoms with van der Waals surface area (Å²) in [5.74, 6) is 10.8. The molecule has 0 nitrogen and oxygen atoms in total. The molecule has 0 atom stereocenters. The van der Waals surface area contributed by atoms with Crippen LogP contribution in [0.1, 0.15) is 128 Å². The van der Waals surface area contributed by atoms with Gasteiger partial charge in [-0.25, -0.2) is 0 Å². The zero-order valence-corrected chi connectivity index (χ0v) is 20.6. The van der Waals surface area contributed by atoms with Crippen molar-refractivity contribution in [2.24, 2.45) is 23.7 Å². The van der Waals surface area contributed by atoms with Crippen LogP contribution in [0.4, 0.5) is 0 Å². The molecule has 0 radical (unpaired) electrons. The number of hydrogen-bond donors (Lipinski definition) is 0. The lowest BCUT2D eigenvalue weighted by Crippen LogP contribution is -2.25. The summed E-state index contributed by atoms with van der Waals surface area (Å²) in [4.78, 5) is 0. The van der Waals surface area contributed by atoms with Crippen molar-refractivity contribution in [1.82, 2.24) is 0 Å². The van der Waals surface area contributed by atoms with Crippen LogP contribution in [0.3, 0.4) is 0 Å².